The second-order valence-corrected chi connectivity index (χ2v) is 9.37. The van der Waals surface area contributed by atoms with E-state index in [-0.39, 0.29) is 5.97 Å². The third-order valence-electron chi connectivity index (χ3n) is 6.11. The quantitative estimate of drug-likeness (QED) is 0.128. The molecule has 3 rings (SSSR count). The van der Waals surface area contributed by atoms with Crippen molar-refractivity contribution < 1.29 is 14.3 Å². The normalized spacial score (nSPS) is 10.8. The summed E-state index contributed by atoms with van der Waals surface area (Å²) in [5.41, 5.74) is 3.76. The van der Waals surface area contributed by atoms with Gasteiger partial charge in [-0.15, -0.1) is 0 Å². The third-order valence-corrected chi connectivity index (χ3v) is 6.46. The molecule has 3 aromatic rings. The summed E-state index contributed by atoms with van der Waals surface area (Å²) in [5.74, 6) is 0.896. The van der Waals surface area contributed by atoms with Crippen LogP contribution in [0.3, 0.4) is 0 Å². The van der Waals surface area contributed by atoms with E-state index in [2.05, 4.69) is 26.0 Å². The number of hydrogen-bond donors (Lipinski definition) is 0. The van der Waals surface area contributed by atoms with Crippen LogP contribution in [-0.4, -0.2) is 12.6 Å². The summed E-state index contributed by atoms with van der Waals surface area (Å²) in [6.45, 7) is 5.10. The number of aryl methyl sites for hydroxylation is 1. The van der Waals surface area contributed by atoms with Crippen molar-refractivity contribution in [3.63, 3.8) is 0 Å². The molecule has 0 radical (unpaired) electrons. The maximum Gasteiger partial charge on any atom is 0.343 e. The molecule has 0 unspecified atom stereocenters. The number of benzene rings is 3. The van der Waals surface area contributed by atoms with Gasteiger partial charge in [0.05, 0.1) is 12.2 Å². The van der Waals surface area contributed by atoms with Gasteiger partial charge in [0.1, 0.15) is 11.5 Å². The molecule has 0 heterocycles. The van der Waals surface area contributed by atoms with Gasteiger partial charge >= 0.3 is 5.97 Å². The van der Waals surface area contributed by atoms with Crippen LogP contribution in [0.15, 0.2) is 66.7 Å². The Morgan fingerprint density at radius 2 is 1.34 bits per heavy atom. The van der Waals surface area contributed by atoms with E-state index in [1.807, 2.05) is 30.3 Å². The molecule has 0 aromatic heterocycles. The summed E-state index contributed by atoms with van der Waals surface area (Å²) >= 11 is 6.56. The maximum atomic E-state index is 12.6. The Morgan fingerprint density at radius 1 is 0.714 bits per heavy atom. The van der Waals surface area contributed by atoms with E-state index < -0.39 is 0 Å². The van der Waals surface area contributed by atoms with E-state index in [0.29, 0.717) is 17.9 Å². The first-order valence-electron chi connectivity index (χ1n) is 12.9. The molecule has 0 aliphatic heterocycles. The fraction of sp³-hybridized carbons (Fsp3) is 0.387. The lowest BCUT2D eigenvalue weighted by Gasteiger charge is -2.09. The molecule has 3 aromatic carbocycles. The summed E-state index contributed by atoms with van der Waals surface area (Å²) in [6.07, 6.45) is 10.7. The predicted molar refractivity (Wildman–Crippen MR) is 146 cm³/mol. The molecule has 3 nitrogen and oxygen atoms in total. The number of carbonyl (C=O) groups is 1. The molecular formula is C31H37ClO3. The van der Waals surface area contributed by atoms with Gasteiger partial charge in [-0.2, -0.15) is 0 Å². The van der Waals surface area contributed by atoms with Crippen molar-refractivity contribution in [3.8, 4) is 22.6 Å². The fourth-order valence-electron chi connectivity index (χ4n) is 3.96. The van der Waals surface area contributed by atoms with Crippen molar-refractivity contribution in [2.75, 3.05) is 6.61 Å². The molecule has 0 saturated carbocycles. The van der Waals surface area contributed by atoms with Gasteiger partial charge in [0.2, 0.25) is 0 Å². The zero-order valence-corrected chi connectivity index (χ0v) is 21.8. The largest absolute Gasteiger partial charge is 0.494 e. The van der Waals surface area contributed by atoms with Crippen LogP contribution >= 0.6 is 11.6 Å². The van der Waals surface area contributed by atoms with Gasteiger partial charge in [-0.05, 0) is 78.4 Å². The monoisotopic (exact) mass is 492 g/mol. The third kappa shape index (κ3) is 8.74. The van der Waals surface area contributed by atoms with E-state index in [4.69, 9.17) is 21.1 Å². The van der Waals surface area contributed by atoms with Crippen LogP contribution in [0.5, 0.6) is 11.5 Å². The van der Waals surface area contributed by atoms with E-state index >= 15 is 0 Å². The van der Waals surface area contributed by atoms with Gasteiger partial charge in [-0.3, -0.25) is 0 Å². The van der Waals surface area contributed by atoms with Crippen molar-refractivity contribution in [1.29, 1.82) is 0 Å². The predicted octanol–water partition coefficient (Wildman–Crippen LogP) is 9.31. The average Bonchev–Trinajstić information content (AvgIpc) is 2.88. The van der Waals surface area contributed by atoms with Crippen LogP contribution in [0.4, 0.5) is 0 Å². The molecule has 0 spiro atoms. The van der Waals surface area contributed by atoms with Crippen LogP contribution in [0, 0.1) is 0 Å². The van der Waals surface area contributed by atoms with Gasteiger partial charge in [-0.1, -0.05) is 88.2 Å². The van der Waals surface area contributed by atoms with E-state index in [1.165, 1.54) is 44.1 Å². The average molecular weight is 493 g/mol. The molecule has 0 fully saturated rings. The van der Waals surface area contributed by atoms with Gasteiger partial charge in [0.15, 0.2) is 0 Å². The van der Waals surface area contributed by atoms with Gasteiger partial charge in [0.25, 0.3) is 0 Å². The summed E-state index contributed by atoms with van der Waals surface area (Å²) < 4.78 is 11.2. The highest BCUT2D eigenvalue weighted by Crippen LogP contribution is 2.27. The molecule has 0 atom stereocenters. The number of rotatable bonds is 14. The molecule has 0 bridgehead atoms. The lowest BCUT2D eigenvalue weighted by molar-refractivity contribution is 0.0734. The first-order chi connectivity index (χ1) is 17.1. The highest BCUT2D eigenvalue weighted by Gasteiger charge is 2.10. The molecule has 4 heteroatoms. The zero-order valence-electron chi connectivity index (χ0n) is 21.0. The fourth-order valence-corrected chi connectivity index (χ4v) is 4.23. The number of ether oxygens (including phenoxy) is 2. The van der Waals surface area contributed by atoms with Crippen LogP contribution in [-0.2, 0) is 6.42 Å². The van der Waals surface area contributed by atoms with Gasteiger partial charge in [-0.25, -0.2) is 4.79 Å². The molecule has 0 amide bonds. The summed E-state index contributed by atoms with van der Waals surface area (Å²) in [4.78, 5) is 12.6. The highest BCUT2D eigenvalue weighted by atomic mass is 35.5. The van der Waals surface area contributed by atoms with Crippen molar-refractivity contribution in [1.82, 2.24) is 0 Å². The number of esters is 1. The first-order valence-corrected chi connectivity index (χ1v) is 13.3. The molecular weight excluding hydrogens is 456 g/mol. The lowest BCUT2D eigenvalue weighted by Crippen LogP contribution is -2.08. The van der Waals surface area contributed by atoms with Crippen LogP contribution in [0.2, 0.25) is 5.02 Å². The van der Waals surface area contributed by atoms with E-state index in [1.54, 1.807) is 24.3 Å². The Kier molecular flexibility index (Phi) is 11.2. The smallest absolute Gasteiger partial charge is 0.343 e. The standard InChI is InChI=1S/C31H37ClO3/c1-3-5-7-8-9-11-25-14-17-27(23-30(25)32)24-12-15-26(16-13-24)31(33)35-29-20-18-28(19-21-29)34-22-10-6-4-2/h12-21,23H,3-11,22H2,1-2H3. The molecule has 35 heavy (non-hydrogen) atoms. The zero-order chi connectivity index (χ0) is 24.9. The molecule has 0 aliphatic rings. The van der Waals surface area contributed by atoms with Crippen molar-refractivity contribution >= 4 is 17.6 Å². The van der Waals surface area contributed by atoms with Crippen molar-refractivity contribution in [3.05, 3.63) is 82.9 Å². The Bertz CT molecular complexity index is 1040. The van der Waals surface area contributed by atoms with Crippen LogP contribution in [0.25, 0.3) is 11.1 Å². The highest BCUT2D eigenvalue weighted by molar-refractivity contribution is 6.31. The van der Waals surface area contributed by atoms with Crippen molar-refractivity contribution in [2.24, 2.45) is 0 Å². The Balaban J connectivity index is 1.53. The molecule has 0 aliphatic carbocycles. The second kappa shape index (κ2) is 14.6. The summed E-state index contributed by atoms with van der Waals surface area (Å²) in [6, 6.07) is 20.9. The molecule has 0 saturated heterocycles. The van der Waals surface area contributed by atoms with E-state index in [0.717, 1.165) is 41.2 Å². The Labute approximate surface area is 215 Å². The number of carbonyl (C=O) groups excluding carboxylic acids is 1. The topological polar surface area (TPSA) is 35.5 Å². The minimum absolute atomic E-state index is 0.385. The number of halogens is 1. The number of unbranched alkanes of at least 4 members (excludes halogenated alkanes) is 6. The minimum Gasteiger partial charge on any atom is -0.494 e. The Morgan fingerprint density at radius 3 is 2.03 bits per heavy atom. The lowest BCUT2D eigenvalue weighted by atomic mass is 10.00. The molecule has 186 valence electrons. The summed E-state index contributed by atoms with van der Waals surface area (Å²) in [7, 11) is 0. The van der Waals surface area contributed by atoms with Crippen molar-refractivity contribution in [2.45, 2.75) is 71.6 Å². The minimum atomic E-state index is -0.385. The number of hydrogen-bond acceptors (Lipinski definition) is 3. The van der Waals surface area contributed by atoms with Gasteiger partial charge < -0.3 is 9.47 Å². The first kappa shape index (κ1) is 26.8. The second-order valence-electron chi connectivity index (χ2n) is 8.96. The van der Waals surface area contributed by atoms with Crippen LogP contribution in [0.1, 0.15) is 81.1 Å². The SMILES string of the molecule is CCCCCCCc1ccc(-c2ccc(C(=O)Oc3ccc(OCCCCC)cc3)cc2)cc1Cl. The molecule has 0 N–H and O–H groups in total. The summed E-state index contributed by atoms with van der Waals surface area (Å²) in [5, 5.41) is 0.805. The van der Waals surface area contributed by atoms with Gasteiger partial charge in [0, 0.05) is 5.02 Å². The Hall–Kier alpha value is -2.78. The maximum absolute atomic E-state index is 12.6. The van der Waals surface area contributed by atoms with E-state index in [9.17, 15) is 4.79 Å². The van der Waals surface area contributed by atoms with Crippen LogP contribution < -0.4 is 9.47 Å².